The maximum atomic E-state index is 11.8. The van der Waals surface area contributed by atoms with E-state index in [0.717, 1.165) is 25.7 Å². The van der Waals surface area contributed by atoms with Gasteiger partial charge in [-0.1, -0.05) is 13.8 Å². The first-order valence-electron chi connectivity index (χ1n) is 7.18. The molecule has 5 nitrogen and oxygen atoms in total. The third kappa shape index (κ3) is 4.82. The monoisotopic (exact) mass is 270 g/mol. The molecule has 0 bridgehead atoms. The highest BCUT2D eigenvalue weighted by Gasteiger charge is 2.29. The number of esters is 1. The molecule has 5 heteroatoms. The van der Waals surface area contributed by atoms with Gasteiger partial charge in [0.25, 0.3) is 0 Å². The number of hydrogen-bond donors (Lipinski definition) is 2. The van der Waals surface area contributed by atoms with E-state index in [1.165, 1.54) is 0 Å². The summed E-state index contributed by atoms with van der Waals surface area (Å²) < 4.78 is 5.02. The van der Waals surface area contributed by atoms with Crippen LogP contribution in [0.25, 0.3) is 0 Å². The summed E-state index contributed by atoms with van der Waals surface area (Å²) in [6, 6.07) is -0.314. The molecule has 1 fully saturated rings. The molecular weight excluding hydrogens is 244 g/mol. The van der Waals surface area contributed by atoms with Crippen molar-refractivity contribution in [3.63, 3.8) is 0 Å². The van der Waals surface area contributed by atoms with Crippen LogP contribution >= 0.6 is 0 Å². The van der Waals surface area contributed by atoms with Crippen LogP contribution in [0.15, 0.2) is 0 Å². The summed E-state index contributed by atoms with van der Waals surface area (Å²) >= 11 is 0. The Morgan fingerprint density at radius 1 is 1.26 bits per heavy atom. The number of carbonyl (C=O) groups is 2. The molecule has 0 saturated heterocycles. The lowest BCUT2D eigenvalue weighted by Gasteiger charge is -2.29. The Morgan fingerprint density at radius 2 is 1.84 bits per heavy atom. The standard InChI is InChI=1S/C14H26N2O3/c1-4-19-14(18)10-5-7-11(8-6-10)16-13(17)12(15)9(2)3/h9-12H,4-8,15H2,1-3H3,(H,16,17)/t10?,11?,12-/m1/s1. The second kappa shape index (κ2) is 7.48. The minimum atomic E-state index is -0.456. The summed E-state index contributed by atoms with van der Waals surface area (Å²) in [6.07, 6.45) is 3.20. The molecule has 0 radical (unpaired) electrons. The number of nitrogens with two attached hydrogens (primary N) is 1. The van der Waals surface area contributed by atoms with Gasteiger partial charge in [0.15, 0.2) is 0 Å². The fourth-order valence-electron chi connectivity index (χ4n) is 2.33. The van der Waals surface area contributed by atoms with Crippen LogP contribution in [0, 0.1) is 11.8 Å². The molecule has 0 heterocycles. The van der Waals surface area contributed by atoms with Gasteiger partial charge in [0.05, 0.1) is 18.6 Å². The third-order valence-electron chi connectivity index (χ3n) is 3.71. The van der Waals surface area contributed by atoms with Gasteiger partial charge in [0.1, 0.15) is 0 Å². The van der Waals surface area contributed by atoms with Gasteiger partial charge in [-0.25, -0.2) is 0 Å². The van der Waals surface area contributed by atoms with Crippen LogP contribution in [0.1, 0.15) is 46.5 Å². The highest BCUT2D eigenvalue weighted by atomic mass is 16.5. The molecule has 110 valence electrons. The van der Waals surface area contributed by atoms with Gasteiger partial charge in [-0.2, -0.15) is 0 Å². The summed E-state index contributed by atoms with van der Waals surface area (Å²) in [7, 11) is 0. The van der Waals surface area contributed by atoms with Gasteiger partial charge in [0.2, 0.25) is 5.91 Å². The minimum absolute atomic E-state index is 0.00752. The number of nitrogens with one attached hydrogen (secondary N) is 1. The van der Waals surface area contributed by atoms with Crippen molar-refractivity contribution in [2.24, 2.45) is 17.6 Å². The summed E-state index contributed by atoms with van der Waals surface area (Å²) in [5.41, 5.74) is 5.81. The third-order valence-corrected chi connectivity index (χ3v) is 3.71. The number of amides is 1. The number of carbonyl (C=O) groups excluding carboxylic acids is 2. The van der Waals surface area contributed by atoms with Crippen LogP contribution in [-0.2, 0) is 14.3 Å². The molecule has 1 saturated carbocycles. The largest absolute Gasteiger partial charge is 0.466 e. The van der Waals surface area contributed by atoms with Gasteiger partial charge in [-0.3, -0.25) is 9.59 Å². The van der Waals surface area contributed by atoms with Crippen LogP contribution in [0.3, 0.4) is 0 Å². The van der Waals surface area contributed by atoms with Crippen molar-refractivity contribution >= 4 is 11.9 Å². The van der Waals surface area contributed by atoms with E-state index in [0.29, 0.717) is 6.61 Å². The lowest BCUT2D eigenvalue weighted by Crippen LogP contribution is -2.48. The Hall–Kier alpha value is -1.10. The van der Waals surface area contributed by atoms with Crippen molar-refractivity contribution in [2.75, 3.05) is 6.61 Å². The Morgan fingerprint density at radius 3 is 2.32 bits per heavy atom. The normalized spacial score (nSPS) is 24.9. The molecule has 0 aromatic rings. The number of rotatable bonds is 5. The Labute approximate surface area is 115 Å². The van der Waals surface area contributed by atoms with E-state index in [4.69, 9.17) is 10.5 Å². The van der Waals surface area contributed by atoms with Crippen molar-refractivity contribution < 1.29 is 14.3 Å². The van der Waals surface area contributed by atoms with E-state index < -0.39 is 6.04 Å². The highest BCUT2D eigenvalue weighted by molar-refractivity contribution is 5.82. The quantitative estimate of drug-likeness (QED) is 0.736. The van der Waals surface area contributed by atoms with Crippen LogP contribution in [0.4, 0.5) is 0 Å². The molecule has 1 aliphatic rings. The van der Waals surface area contributed by atoms with Gasteiger partial charge >= 0.3 is 5.97 Å². The molecular formula is C14H26N2O3. The Bertz CT molecular complexity index is 310. The van der Waals surface area contributed by atoms with Gasteiger partial charge in [-0.15, -0.1) is 0 Å². The molecule has 0 unspecified atom stereocenters. The fourth-order valence-corrected chi connectivity index (χ4v) is 2.33. The lowest BCUT2D eigenvalue weighted by atomic mass is 9.86. The smallest absolute Gasteiger partial charge is 0.308 e. The lowest BCUT2D eigenvalue weighted by molar-refractivity contribution is -0.149. The molecule has 0 aromatic carbocycles. The van der Waals surface area contributed by atoms with Gasteiger partial charge in [0, 0.05) is 6.04 Å². The van der Waals surface area contributed by atoms with E-state index in [1.807, 2.05) is 20.8 Å². The van der Waals surface area contributed by atoms with Crippen molar-refractivity contribution in [3.8, 4) is 0 Å². The van der Waals surface area contributed by atoms with E-state index in [9.17, 15) is 9.59 Å². The van der Waals surface area contributed by atoms with E-state index >= 15 is 0 Å². The van der Waals surface area contributed by atoms with Gasteiger partial charge in [-0.05, 0) is 38.5 Å². The summed E-state index contributed by atoms with van der Waals surface area (Å²) in [5.74, 6) is -0.0662. The summed E-state index contributed by atoms with van der Waals surface area (Å²) in [5, 5.41) is 2.98. The Balaban J connectivity index is 2.34. The first kappa shape index (κ1) is 16.0. The zero-order chi connectivity index (χ0) is 14.4. The minimum Gasteiger partial charge on any atom is -0.466 e. The molecule has 0 spiro atoms. The molecule has 1 amide bonds. The van der Waals surface area contributed by atoms with Crippen LogP contribution in [-0.4, -0.2) is 30.6 Å². The first-order valence-corrected chi connectivity index (χ1v) is 7.18. The summed E-state index contributed by atoms with van der Waals surface area (Å²) in [6.45, 7) is 6.11. The van der Waals surface area contributed by atoms with E-state index in [-0.39, 0.29) is 29.8 Å². The average molecular weight is 270 g/mol. The highest BCUT2D eigenvalue weighted by Crippen LogP contribution is 2.25. The molecule has 1 aliphatic carbocycles. The van der Waals surface area contributed by atoms with E-state index in [1.54, 1.807) is 0 Å². The molecule has 0 aliphatic heterocycles. The first-order chi connectivity index (χ1) is 8.95. The topological polar surface area (TPSA) is 81.4 Å². The molecule has 0 aromatic heterocycles. The predicted octanol–water partition coefficient (Wildman–Crippen LogP) is 1.21. The maximum Gasteiger partial charge on any atom is 0.308 e. The zero-order valence-corrected chi connectivity index (χ0v) is 12.1. The van der Waals surface area contributed by atoms with Crippen molar-refractivity contribution in [2.45, 2.75) is 58.5 Å². The number of hydrogen-bond acceptors (Lipinski definition) is 4. The maximum absolute atomic E-state index is 11.8. The van der Waals surface area contributed by atoms with Crippen LogP contribution < -0.4 is 11.1 Å². The predicted molar refractivity (Wildman–Crippen MR) is 73.3 cm³/mol. The second-order valence-electron chi connectivity index (χ2n) is 5.58. The molecule has 3 N–H and O–H groups in total. The zero-order valence-electron chi connectivity index (χ0n) is 12.1. The van der Waals surface area contributed by atoms with E-state index in [2.05, 4.69) is 5.32 Å². The van der Waals surface area contributed by atoms with Crippen molar-refractivity contribution in [1.29, 1.82) is 0 Å². The van der Waals surface area contributed by atoms with Crippen molar-refractivity contribution in [3.05, 3.63) is 0 Å². The Kier molecular flexibility index (Phi) is 6.28. The van der Waals surface area contributed by atoms with Crippen LogP contribution in [0.2, 0.25) is 0 Å². The second-order valence-corrected chi connectivity index (χ2v) is 5.58. The molecule has 1 rings (SSSR count). The van der Waals surface area contributed by atoms with Crippen LogP contribution in [0.5, 0.6) is 0 Å². The van der Waals surface area contributed by atoms with Crippen molar-refractivity contribution in [1.82, 2.24) is 5.32 Å². The SMILES string of the molecule is CCOC(=O)C1CCC(NC(=O)[C@H](N)C(C)C)CC1. The molecule has 1 atom stereocenters. The van der Waals surface area contributed by atoms with Gasteiger partial charge < -0.3 is 15.8 Å². The molecule has 19 heavy (non-hydrogen) atoms. The fraction of sp³-hybridized carbons (Fsp3) is 0.857. The number of ether oxygens (including phenoxy) is 1. The average Bonchev–Trinajstić information content (AvgIpc) is 2.38. The summed E-state index contributed by atoms with van der Waals surface area (Å²) in [4.78, 5) is 23.4.